The predicted octanol–water partition coefficient (Wildman–Crippen LogP) is 1.18. The van der Waals surface area contributed by atoms with E-state index in [1.807, 2.05) is 12.2 Å². The highest BCUT2D eigenvalue weighted by Crippen LogP contribution is 2.48. The van der Waals surface area contributed by atoms with Crippen molar-refractivity contribution in [1.82, 2.24) is 9.21 Å². The van der Waals surface area contributed by atoms with Crippen LogP contribution in [0.1, 0.15) is 6.42 Å². The molecule has 2 fully saturated rings. The number of piperazine rings is 1. The molecule has 1 aromatic rings. The number of carbonyl (C=O) groups is 2. The lowest BCUT2D eigenvalue weighted by atomic mass is 9.82. The average molecular weight is 408 g/mol. The second-order valence-corrected chi connectivity index (χ2v) is 9.46. The number of rotatable bonds is 4. The van der Waals surface area contributed by atoms with Crippen molar-refractivity contribution in [1.29, 1.82) is 0 Å². The second kappa shape index (κ2) is 6.97. The van der Waals surface area contributed by atoms with Crippen LogP contribution in [0.4, 0.5) is 4.39 Å². The topological polar surface area (TPSA) is 95.0 Å². The lowest BCUT2D eigenvalue weighted by Crippen LogP contribution is -2.53. The van der Waals surface area contributed by atoms with Crippen molar-refractivity contribution in [2.24, 2.45) is 23.7 Å². The minimum Gasteiger partial charge on any atom is -0.481 e. The zero-order valence-corrected chi connectivity index (χ0v) is 15.9. The molecule has 1 saturated heterocycles. The maximum absolute atomic E-state index is 13.1. The first-order valence-electron chi connectivity index (χ1n) is 9.24. The Balaban J connectivity index is 1.44. The number of hydrogen-bond donors (Lipinski definition) is 1. The van der Waals surface area contributed by atoms with Crippen LogP contribution in [-0.4, -0.2) is 60.8 Å². The van der Waals surface area contributed by atoms with Crippen LogP contribution in [0.3, 0.4) is 0 Å². The van der Waals surface area contributed by atoms with E-state index in [2.05, 4.69) is 0 Å². The molecule has 9 heteroatoms. The van der Waals surface area contributed by atoms with E-state index >= 15 is 0 Å². The molecule has 1 N–H and O–H groups in total. The number of carboxylic acids is 1. The fourth-order valence-electron chi connectivity index (χ4n) is 4.61. The molecule has 0 unspecified atom stereocenters. The molecule has 1 heterocycles. The summed E-state index contributed by atoms with van der Waals surface area (Å²) in [5, 5.41) is 9.53. The fourth-order valence-corrected chi connectivity index (χ4v) is 6.03. The maximum atomic E-state index is 13.1. The molecule has 2 bridgehead atoms. The van der Waals surface area contributed by atoms with Gasteiger partial charge in [-0.25, -0.2) is 12.8 Å². The molecule has 7 nitrogen and oxygen atoms in total. The van der Waals surface area contributed by atoms with Crippen molar-refractivity contribution < 1.29 is 27.5 Å². The largest absolute Gasteiger partial charge is 0.481 e. The molecule has 2 aliphatic carbocycles. The summed E-state index contributed by atoms with van der Waals surface area (Å²) in [4.78, 5) is 26.2. The number of sulfonamides is 1. The van der Waals surface area contributed by atoms with Gasteiger partial charge in [0.15, 0.2) is 0 Å². The summed E-state index contributed by atoms with van der Waals surface area (Å²) in [7, 11) is -3.76. The molecule has 3 aliphatic rings. The van der Waals surface area contributed by atoms with Gasteiger partial charge in [-0.15, -0.1) is 0 Å². The number of halogens is 1. The number of allylic oxidation sites excluding steroid dienone is 2. The zero-order chi connectivity index (χ0) is 20.1. The van der Waals surface area contributed by atoms with Gasteiger partial charge >= 0.3 is 5.97 Å². The lowest BCUT2D eigenvalue weighted by molar-refractivity contribution is -0.151. The van der Waals surface area contributed by atoms with Gasteiger partial charge in [-0.05, 0) is 42.5 Å². The Hall–Kier alpha value is -2.26. The van der Waals surface area contributed by atoms with E-state index in [-0.39, 0.29) is 48.8 Å². The van der Waals surface area contributed by atoms with Gasteiger partial charge in [0.2, 0.25) is 15.9 Å². The smallest absolute Gasteiger partial charge is 0.307 e. The molecule has 1 saturated carbocycles. The summed E-state index contributed by atoms with van der Waals surface area (Å²) in [6.07, 6.45) is 4.51. The quantitative estimate of drug-likeness (QED) is 0.755. The van der Waals surface area contributed by atoms with Gasteiger partial charge in [0, 0.05) is 26.2 Å². The highest BCUT2D eigenvalue weighted by Gasteiger charge is 2.52. The highest BCUT2D eigenvalue weighted by atomic mass is 32.2. The van der Waals surface area contributed by atoms with Crippen molar-refractivity contribution >= 4 is 21.9 Å². The normalized spacial score (nSPS) is 30.0. The molecular formula is C19H21FN2O5S. The molecule has 4 rings (SSSR count). The first kappa shape index (κ1) is 19.1. The Kier molecular flexibility index (Phi) is 4.75. The molecule has 1 aromatic carbocycles. The van der Waals surface area contributed by atoms with Crippen LogP contribution in [0.5, 0.6) is 0 Å². The minimum absolute atomic E-state index is 0.0119. The van der Waals surface area contributed by atoms with Crippen LogP contribution in [0.25, 0.3) is 0 Å². The Bertz CT molecular complexity index is 922. The molecule has 4 atom stereocenters. The fraction of sp³-hybridized carbons (Fsp3) is 0.474. The minimum atomic E-state index is -3.76. The number of benzene rings is 1. The van der Waals surface area contributed by atoms with E-state index in [4.69, 9.17) is 0 Å². The molecule has 28 heavy (non-hydrogen) atoms. The third-order valence-electron chi connectivity index (χ3n) is 6.03. The van der Waals surface area contributed by atoms with Crippen LogP contribution < -0.4 is 0 Å². The van der Waals surface area contributed by atoms with E-state index in [1.165, 1.54) is 16.4 Å². The standard InChI is InChI=1S/C19H21FN2O5S/c20-14-3-5-15(6-4-14)28(26,27)22-9-7-21(8-10-22)18(23)16-12-1-2-13(11-12)17(16)19(24)25/h1-6,12-13,16-17H,7-11H2,(H,24,25)/t12-,13-,16+,17+/m0/s1. The Labute approximate surface area is 162 Å². The summed E-state index contributed by atoms with van der Waals surface area (Å²) in [5.41, 5.74) is 0. The van der Waals surface area contributed by atoms with Gasteiger partial charge in [-0.2, -0.15) is 4.31 Å². The molecular weight excluding hydrogens is 387 g/mol. The second-order valence-electron chi connectivity index (χ2n) is 7.52. The first-order valence-corrected chi connectivity index (χ1v) is 10.7. The molecule has 0 aromatic heterocycles. The van der Waals surface area contributed by atoms with Crippen molar-refractivity contribution in [2.75, 3.05) is 26.2 Å². The number of amides is 1. The van der Waals surface area contributed by atoms with Crippen molar-refractivity contribution in [2.45, 2.75) is 11.3 Å². The van der Waals surface area contributed by atoms with Gasteiger partial charge in [0.1, 0.15) is 5.82 Å². The van der Waals surface area contributed by atoms with Crippen LogP contribution in [0, 0.1) is 29.5 Å². The summed E-state index contributed by atoms with van der Waals surface area (Å²) in [6.45, 7) is 0.673. The molecule has 0 radical (unpaired) electrons. The third kappa shape index (κ3) is 3.12. The SMILES string of the molecule is O=C(O)[C@H]1[C@H](C(=O)N2CCN(S(=O)(=O)c3ccc(F)cc3)CC2)[C@H]2C=C[C@H]1C2. The van der Waals surface area contributed by atoms with Crippen LogP contribution in [0.2, 0.25) is 0 Å². The van der Waals surface area contributed by atoms with E-state index in [0.29, 0.717) is 6.42 Å². The molecule has 1 aliphatic heterocycles. The van der Waals surface area contributed by atoms with Gasteiger partial charge in [0.05, 0.1) is 16.7 Å². The summed E-state index contributed by atoms with van der Waals surface area (Å²) >= 11 is 0. The summed E-state index contributed by atoms with van der Waals surface area (Å²) in [6, 6.07) is 4.64. The van der Waals surface area contributed by atoms with Crippen molar-refractivity contribution in [3.63, 3.8) is 0 Å². The first-order chi connectivity index (χ1) is 13.3. The summed E-state index contributed by atoms with van der Waals surface area (Å²) in [5.74, 6) is -3.11. The molecule has 150 valence electrons. The lowest BCUT2D eigenvalue weighted by Gasteiger charge is -2.37. The summed E-state index contributed by atoms with van der Waals surface area (Å²) < 4.78 is 39.7. The van der Waals surface area contributed by atoms with Gasteiger partial charge in [-0.1, -0.05) is 12.2 Å². The van der Waals surface area contributed by atoms with E-state index in [1.54, 1.807) is 4.90 Å². The number of carboxylic acid groups (broad SMARTS) is 1. The van der Waals surface area contributed by atoms with E-state index in [0.717, 1.165) is 12.1 Å². The van der Waals surface area contributed by atoms with E-state index in [9.17, 15) is 27.5 Å². The number of hydrogen-bond acceptors (Lipinski definition) is 4. The number of fused-ring (bicyclic) bond motifs is 2. The van der Waals surface area contributed by atoms with Gasteiger partial charge in [0.25, 0.3) is 0 Å². The zero-order valence-electron chi connectivity index (χ0n) is 15.1. The Morgan fingerprint density at radius 2 is 1.54 bits per heavy atom. The van der Waals surface area contributed by atoms with Crippen LogP contribution >= 0.6 is 0 Å². The van der Waals surface area contributed by atoms with Crippen molar-refractivity contribution in [3.8, 4) is 0 Å². The molecule has 0 spiro atoms. The monoisotopic (exact) mass is 408 g/mol. The maximum Gasteiger partial charge on any atom is 0.307 e. The highest BCUT2D eigenvalue weighted by molar-refractivity contribution is 7.89. The Morgan fingerprint density at radius 1 is 0.964 bits per heavy atom. The van der Waals surface area contributed by atoms with E-state index < -0.39 is 33.6 Å². The Morgan fingerprint density at radius 3 is 2.11 bits per heavy atom. The van der Waals surface area contributed by atoms with Crippen LogP contribution in [-0.2, 0) is 19.6 Å². The van der Waals surface area contributed by atoms with Crippen molar-refractivity contribution in [3.05, 3.63) is 42.2 Å². The molecule has 1 amide bonds. The van der Waals surface area contributed by atoms with Gasteiger partial charge in [-0.3, -0.25) is 9.59 Å². The van der Waals surface area contributed by atoms with Gasteiger partial charge < -0.3 is 10.0 Å². The number of carbonyl (C=O) groups excluding carboxylic acids is 1. The number of nitrogens with zero attached hydrogens (tertiary/aromatic N) is 2. The number of aliphatic carboxylic acids is 1. The predicted molar refractivity (Wildman–Crippen MR) is 97.1 cm³/mol. The average Bonchev–Trinajstić information content (AvgIpc) is 3.29. The van der Waals surface area contributed by atoms with Crippen LogP contribution in [0.15, 0.2) is 41.3 Å². The third-order valence-corrected chi connectivity index (χ3v) is 7.94.